The first-order chi connectivity index (χ1) is 12.8. The van der Waals surface area contributed by atoms with Gasteiger partial charge in [-0.15, -0.1) is 0 Å². The molecule has 2 N–H and O–H groups in total. The lowest BCUT2D eigenvalue weighted by Crippen LogP contribution is -2.35. The van der Waals surface area contributed by atoms with Crippen LogP contribution < -0.4 is 10.6 Å². The fraction of sp³-hybridized carbons (Fsp3) is 0.211. The fourth-order valence-corrected chi connectivity index (χ4v) is 2.33. The molecule has 0 radical (unpaired) electrons. The highest BCUT2D eigenvalue weighted by Gasteiger charge is 2.19. The predicted molar refractivity (Wildman–Crippen MR) is 102 cm³/mol. The van der Waals surface area contributed by atoms with E-state index in [4.69, 9.17) is 4.74 Å². The van der Waals surface area contributed by atoms with Gasteiger partial charge in [-0.1, -0.05) is 22.0 Å². The highest BCUT2D eigenvalue weighted by Crippen LogP contribution is 2.14. The molecule has 0 aromatic heterocycles. The van der Waals surface area contributed by atoms with Gasteiger partial charge < -0.3 is 15.4 Å². The quantitative estimate of drug-likeness (QED) is 0.680. The van der Waals surface area contributed by atoms with Crippen LogP contribution in [0.15, 0.2) is 46.9 Å². The molecule has 0 aliphatic carbocycles. The van der Waals surface area contributed by atoms with E-state index >= 15 is 0 Å². The summed E-state index contributed by atoms with van der Waals surface area (Å²) in [6.07, 6.45) is -1.11. The molecule has 0 aliphatic heterocycles. The number of halogens is 2. The molecule has 2 aromatic carbocycles. The summed E-state index contributed by atoms with van der Waals surface area (Å²) < 4.78 is 19.3. The van der Waals surface area contributed by atoms with Crippen LogP contribution in [0.1, 0.15) is 22.8 Å². The van der Waals surface area contributed by atoms with Gasteiger partial charge in [-0.3, -0.25) is 14.4 Å². The summed E-state index contributed by atoms with van der Waals surface area (Å²) >= 11 is 3.26. The first-order valence-electron chi connectivity index (χ1n) is 8.06. The van der Waals surface area contributed by atoms with Gasteiger partial charge >= 0.3 is 5.97 Å². The lowest BCUT2D eigenvalue weighted by atomic mass is 10.2. The number of amides is 2. The van der Waals surface area contributed by atoms with Crippen LogP contribution in [0.2, 0.25) is 0 Å². The zero-order valence-electron chi connectivity index (χ0n) is 14.7. The van der Waals surface area contributed by atoms with E-state index in [1.807, 2.05) is 0 Å². The Bertz CT molecular complexity index is 855. The first-order valence-corrected chi connectivity index (χ1v) is 8.86. The predicted octanol–water partition coefficient (Wildman–Crippen LogP) is 3.20. The fourth-order valence-electron chi connectivity index (χ4n) is 2.06. The Balaban J connectivity index is 1.81. The number of aryl methyl sites for hydroxylation is 1. The van der Waals surface area contributed by atoms with E-state index in [0.717, 1.165) is 4.47 Å². The zero-order chi connectivity index (χ0) is 20.0. The molecule has 1 unspecified atom stereocenters. The van der Waals surface area contributed by atoms with Crippen LogP contribution in [-0.4, -0.2) is 30.4 Å². The van der Waals surface area contributed by atoms with Crippen LogP contribution in [0.5, 0.6) is 0 Å². The minimum absolute atomic E-state index is 0.259. The number of hydrogen-bond donors (Lipinski definition) is 2. The molecular weight excluding hydrogens is 419 g/mol. The van der Waals surface area contributed by atoms with Gasteiger partial charge in [-0.2, -0.15) is 0 Å². The standard InChI is InChI=1S/C19H18BrFN2O4/c1-11-3-8-15(9-16(11)21)23-18(25)12(2)27-17(24)10-22-19(26)13-4-6-14(20)7-5-13/h3-9,12H,10H2,1-2H3,(H,22,26)(H,23,25). The second kappa shape index (κ2) is 9.27. The van der Waals surface area contributed by atoms with Crippen molar-refractivity contribution >= 4 is 39.4 Å². The van der Waals surface area contributed by atoms with Gasteiger partial charge in [0.05, 0.1) is 0 Å². The summed E-state index contributed by atoms with van der Waals surface area (Å²) in [6.45, 7) is 2.61. The third kappa shape index (κ3) is 6.18. The summed E-state index contributed by atoms with van der Waals surface area (Å²) in [4.78, 5) is 35.8. The van der Waals surface area contributed by atoms with Crippen molar-refractivity contribution in [3.8, 4) is 0 Å². The Hall–Kier alpha value is -2.74. The Labute approximate surface area is 164 Å². The molecule has 2 aromatic rings. The van der Waals surface area contributed by atoms with Gasteiger partial charge in [0.15, 0.2) is 6.10 Å². The molecule has 0 saturated carbocycles. The summed E-state index contributed by atoms with van der Waals surface area (Å²) in [5, 5.41) is 4.88. The van der Waals surface area contributed by atoms with E-state index < -0.39 is 29.7 Å². The van der Waals surface area contributed by atoms with E-state index in [9.17, 15) is 18.8 Å². The number of carbonyl (C=O) groups excluding carboxylic acids is 3. The number of carbonyl (C=O) groups is 3. The van der Waals surface area contributed by atoms with E-state index in [-0.39, 0.29) is 12.2 Å². The van der Waals surface area contributed by atoms with E-state index in [2.05, 4.69) is 26.6 Å². The van der Waals surface area contributed by atoms with E-state index in [1.54, 1.807) is 37.3 Å². The van der Waals surface area contributed by atoms with Crippen LogP contribution in [0.3, 0.4) is 0 Å². The minimum atomic E-state index is -1.11. The van der Waals surface area contributed by atoms with Crippen molar-refractivity contribution in [1.82, 2.24) is 5.32 Å². The molecule has 6 nitrogen and oxygen atoms in total. The number of anilines is 1. The molecule has 8 heteroatoms. The topological polar surface area (TPSA) is 84.5 Å². The summed E-state index contributed by atoms with van der Waals surface area (Å²) in [7, 11) is 0. The molecule has 0 heterocycles. The van der Waals surface area contributed by atoms with Crippen molar-refractivity contribution < 1.29 is 23.5 Å². The van der Waals surface area contributed by atoms with Crippen molar-refractivity contribution in [2.24, 2.45) is 0 Å². The molecule has 142 valence electrons. The van der Waals surface area contributed by atoms with Gasteiger partial charge in [-0.25, -0.2) is 4.39 Å². The third-order valence-corrected chi connectivity index (χ3v) is 4.15. The maximum atomic E-state index is 13.5. The van der Waals surface area contributed by atoms with Crippen LogP contribution in [0.4, 0.5) is 10.1 Å². The maximum absolute atomic E-state index is 13.5. The molecule has 0 spiro atoms. The van der Waals surface area contributed by atoms with Gasteiger partial charge in [0.1, 0.15) is 12.4 Å². The molecule has 0 aliphatic rings. The van der Waals surface area contributed by atoms with Crippen molar-refractivity contribution in [2.75, 3.05) is 11.9 Å². The SMILES string of the molecule is Cc1ccc(NC(=O)C(C)OC(=O)CNC(=O)c2ccc(Br)cc2)cc1F. The number of ether oxygens (including phenoxy) is 1. The second-order valence-electron chi connectivity index (χ2n) is 5.77. The Morgan fingerprint density at radius 2 is 1.81 bits per heavy atom. The summed E-state index contributed by atoms with van der Waals surface area (Å²) in [6, 6.07) is 10.9. The van der Waals surface area contributed by atoms with Gasteiger partial charge in [-0.05, 0) is 55.8 Å². The van der Waals surface area contributed by atoms with Crippen molar-refractivity contribution in [3.63, 3.8) is 0 Å². The average Bonchev–Trinajstić information content (AvgIpc) is 2.63. The molecule has 2 rings (SSSR count). The van der Waals surface area contributed by atoms with E-state index in [1.165, 1.54) is 19.1 Å². The minimum Gasteiger partial charge on any atom is -0.451 e. The molecule has 2 amide bonds. The Kier molecular flexibility index (Phi) is 7.06. The highest BCUT2D eigenvalue weighted by molar-refractivity contribution is 9.10. The van der Waals surface area contributed by atoms with Crippen LogP contribution in [0, 0.1) is 12.7 Å². The van der Waals surface area contributed by atoms with Crippen molar-refractivity contribution in [1.29, 1.82) is 0 Å². The van der Waals surface area contributed by atoms with Crippen LogP contribution >= 0.6 is 15.9 Å². The molecule has 0 saturated heterocycles. The number of benzene rings is 2. The zero-order valence-corrected chi connectivity index (χ0v) is 16.3. The lowest BCUT2D eigenvalue weighted by molar-refractivity contribution is -0.152. The average molecular weight is 437 g/mol. The molecule has 1 atom stereocenters. The monoisotopic (exact) mass is 436 g/mol. The van der Waals surface area contributed by atoms with Gasteiger partial charge in [0.2, 0.25) is 0 Å². The smallest absolute Gasteiger partial charge is 0.326 e. The summed E-state index contributed by atoms with van der Waals surface area (Å²) in [5.41, 5.74) is 1.10. The number of esters is 1. The van der Waals surface area contributed by atoms with E-state index in [0.29, 0.717) is 11.1 Å². The molecular formula is C19H18BrFN2O4. The molecule has 27 heavy (non-hydrogen) atoms. The van der Waals surface area contributed by atoms with Gasteiger partial charge in [0.25, 0.3) is 11.8 Å². The highest BCUT2D eigenvalue weighted by atomic mass is 79.9. The summed E-state index contributed by atoms with van der Waals surface area (Å²) in [5.74, 6) is -2.26. The first kappa shape index (κ1) is 20.6. The van der Waals surface area contributed by atoms with Crippen molar-refractivity contribution in [2.45, 2.75) is 20.0 Å². The number of nitrogens with one attached hydrogen (secondary N) is 2. The van der Waals surface area contributed by atoms with Crippen molar-refractivity contribution in [3.05, 3.63) is 63.9 Å². The largest absolute Gasteiger partial charge is 0.451 e. The Morgan fingerprint density at radius 3 is 2.44 bits per heavy atom. The van der Waals surface area contributed by atoms with Gasteiger partial charge in [0, 0.05) is 15.7 Å². The molecule has 0 bridgehead atoms. The Morgan fingerprint density at radius 1 is 1.15 bits per heavy atom. The second-order valence-corrected chi connectivity index (χ2v) is 6.69. The van der Waals surface area contributed by atoms with Crippen LogP contribution in [0.25, 0.3) is 0 Å². The number of hydrogen-bond acceptors (Lipinski definition) is 4. The normalized spacial score (nSPS) is 11.4. The van der Waals surface area contributed by atoms with Crippen LogP contribution in [-0.2, 0) is 14.3 Å². The lowest BCUT2D eigenvalue weighted by Gasteiger charge is -2.14. The third-order valence-electron chi connectivity index (χ3n) is 3.62. The maximum Gasteiger partial charge on any atom is 0.326 e. The molecule has 0 fully saturated rings. The number of rotatable bonds is 6.